The molecule has 0 aromatic carbocycles. The van der Waals surface area contributed by atoms with Crippen molar-refractivity contribution in [2.75, 3.05) is 19.6 Å². The fraction of sp³-hybridized carbons (Fsp3) is 0.500. The van der Waals surface area contributed by atoms with E-state index >= 15 is 0 Å². The van der Waals surface area contributed by atoms with Gasteiger partial charge in [0.05, 0.1) is 6.54 Å². The summed E-state index contributed by atoms with van der Waals surface area (Å²) in [5, 5.41) is 3.38. The van der Waals surface area contributed by atoms with E-state index in [1.807, 2.05) is 0 Å². The highest BCUT2D eigenvalue weighted by Crippen LogP contribution is 2.36. The van der Waals surface area contributed by atoms with Crippen molar-refractivity contribution >= 4 is 5.71 Å². The van der Waals surface area contributed by atoms with E-state index in [0.717, 1.165) is 26.1 Å². The third-order valence-electron chi connectivity index (χ3n) is 4.67. The molecule has 0 aromatic heterocycles. The second-order valence-corrected chi connectivity index (χ2v) is 6.15. The Balaban J connectivity index is 1.88. The summed E-state index contributed by atoms with van der Waals surface area (Å²) >= 11 is 0. The smallest absolute Gasteiger partial charge is 0.0667 e. The fourth-order valence-corrected chi connectivity index (χ4v) is 3.44. The average Bonchev–Trinajstić information content (AvgIpc) is 3.00. The van der Waals surface area contributed by atoms with E-state index in [4.69, 9.17) is 0 Å². The minimum Gasteiger partial charge on any atom is -0.387 e. The molecule has 1 unspecified atom stereocenters. The molecule has 21 heavy (non-hydrogen) atoms. The maximum absolute atomic E-state index is 4.61. The summed E-state index contributed by atoms with van der Waals surface area (Å²) in [6, 6.07) is 0.428. The van der Waals surface area contributed by atoms with Crippen LogP contribution in [0.25, 0.3) is 0 Å². The lowest BCUT2D eigenvalue weighted by molar-refractivity contribution is 0.339. The van der Waals surface area contributed by atoms with Crippen LogP contribution in [0.4, 0.5) is 0 Å². The molecule has 0 saturated heterocycles. The summed E-state index contributed by atoms with van der Waals surface area (Å²) in [5.74, 6) is 0. The molecule has 0 saturated carbocycles. The number of allylic oxidation sites excluding steroid dienone is 3. The number of dihydropyridines is 1. The van der Waals surface area contributed by atoms with Crippen molar-refractivity contribution < 1.29 is 0 Å². The van der Waals surface area contributed by atoms with Crippen LogP contribution in [0.3, 0.4) is 0 Å². The molecule has 0 spiro atoms. The topological polar surface area (TPSA) is 27.6 Å². The molecule has 1 N–H and O–H groups in total. The quantitative estimate of drug-likeness (QED) is 0.861. The summed E-state index contributed by atoms with van der Waals surface area (Å²) in [6.07, 6.45) is 7.87. The van der Waals surface area contributed by atoms with Crippen molar-refractivity contribution in [1.29, 1.82) is 0 Å². The highest BCUT2D eigenvalue weighted by atomic mass is 15.2. The SMILES string of the molecule is CC/C=C1/C2=C(CN1C(C)C1=CC(C)=CNC1)C(C)=NC2. The minimum atomic E-state index is 0.428. The lowest BCUT2D eigenvalue weighted by Crippen LogP contribution is -2.36. The van der Waals surface area contributed by atoms with Crippen molar-refractivity contribution in [3.8, 4) is 0 Å². The summed E-state index contributed by atoms with van der Waals surface area (Å²) in [5.41, 5.74) is 8.33. The Kier molecular flexibility index (Phi) is 3.75. The van der Waals surface area contributed by atoms with E-state index in [1.54, 1.807) is 0 Å². The maximum Gasteiger partial charge on any atom is 0.0667 e. The highest BCUT2D eigenvalue weighted by Gasteiger charge is 2.34. The number of nitrogens with zero attached hydrogens (tertiary/aromatic N) is 2. The van der Waals surface area contributed by atoms with E-state index in [2.05, 4.69) is 61.3 Å². The monoisotopic (exact) mass is 283 g/mol. The molecule has 0 aliphatic carbocycles. The lowest BCUT2D eigenvalue weighted by atomic mass is 10.0. The lowest BCUT2D eigenvalue weighted by Gasteiger charge is -2.33. The number of rotatable bonds is 3. The zero-order valence-corrected chi connectivity index (χ0v) is 13.5. The molecule has 3 aliphatic rings. The molecule has 1 atom stereocenters. The molecule has 3 nitrogen and oxygen atoms in total. The molecule has 0 bridgehead atoms. The number of hydrogen-bond donors (Lipinski definition) is 1. The van der Waals surface area contributed by atoms with Crippen molar-refractivity contribution in [3.63, 3.8) is 0 Å². The molecule has 0 radical (unpaired) electrons. The second-order valence-electron chi connectivity index (χ2n) is 6.15. The molecular formula is C18H25N3. The molecule has 112 valence electrons. The van der Waals surface area contributed by atoms with Crippen LogP contribution in [0.15, 0.2) is 51.3 Å². The van der Waals surface area contributed by atoms with Gasteiger partial charge >= 0.3 is 0 Å². The van der Waals surface area contributed by atoms with Gasteiger partial charge in [-0.3, -0.25) is 4.99 Å². The largest absolute Gasteiger partial charge is 0.387 e. The molecular weight excluding hydrogens is 258 g/mol. The Morgan fingerprint density at radius 2 is 2.19 bits per heavy atom. The Hall–Kier alpha value is -1.77. The molecule has 0 aromatic rings. The van der Waals surface area contributed by atoms with Gasteiger partial charge in [0.2, 0.25) is 0 Å². The highest BCUT2D eigenvalue weighted by molar-refractivity contribution is 6.03. The standard InChI is InChI=1S/C18H25N3/c1-5-6-18-16-10-20-13(3)17(16)11-21(18)14(4)15-7-12(2)8-19-9-15/h6-8,14,19H,5,9-11H2,1-4H3/b18-6-. The Labute approximate surface area is 127 Å². The molecule has 3 heterocycles. The zero-order valence-electron chi connectivity index (χ0n) is 13.5. The van der Waals surface area contributed by atoms with Gasteiger partial charge < -0.3 is 10.2 Å². The van der Waals surface area contributed by atoms with Crippen LogP contribution in [0, 0.1) is 0 Å². The van der Waals surface area contributed by atoms with Crippen molar-refractivity contribution in [1.82, 2.24) is 10.2 Å². The van der Waals surface area contributed by atoms with Crippen LogP contribution >= 0.6 is 0 Å². The van der Waals surface area contributed by atoms with E-state index in [-0.39, 0.29) is 0 Å². The minimum absolute atomic E-state index is 0.428. The molecule has 3 aliphatic heterocycles. The van der Waals surface area contributed by atoms with Crippen LogP contribution in [0.1, 0.15) is 34.1 Å². The summed E-state index contributed by atoms with van der Waals surface area (Å²) in [6.45, 7) is 11.7. The van der Waals surface area contributed by atoms with Gasteiger partial charge in [-0.15, -0.1) is 0 Å². The van der Waals surface area contributed by atoms with Gasteiger partial charge in [-0.1, -0.05) is 19.1 Å². The van der Waals surface area contributed by atoms with Crippen LogP contribution in [0.2, 0.25) is 0 Å². The first kappa shape index (κ1) is 14.2. The van der Waals surface area contributed by atoms with Crippen molar-refractivity contribution in [2.24, 2.45) is 4.99 Å². The van der Waals surface area contributed by atoms with Crippen molar-refractivity contribution in [2.45, 2.75) is 40.2 Å². The maximum atomic E-state index is 4.61. The van der Waals surface area contributed by atoms with Gasteiger partial charge in [0.15, 0.2) is 0 Å². The Morgan fingerprint density at radius 3 is 2.90 bits per heavy atom. The first-order chi connectivity index (χ1) is 10.1. The van der Waals surface area contributed by atoms with Gasteiger partial charge in [0.25, 0.3) is 0 Å². The third-order valence-corrected chi connectivity index (χ3v) is 4.67. The summed E-state index contributed by atoms with van der Waals surface area (Å²) in [7, 11) is 0. The zero-order chi connectivity index (χ0) is 15.0. The first-order valence-electron chi connectivity index (χ1n) is 7.93. The Bertz CT molecular complexity index is 602. The first-order valence-corrected chi connectivity index (χ1v) is 7.93. The normalized spacial score (nSPS) is 24.7. The van der Waals surface area contributed by atoms with E-state index < -0.39 is 0 Å². The van der Waals surface area contributed by atoms with Gasteiger partial charge in [0, 0.05) is 36.1 Å². The van der Waals surface area contributed by atoms with Crippen LogP contribution in [0.5, 0.6) is 0 Å². The predicted octanol–water partition coefficient (Wildman–Crippen LogP) is 3.19. The number of hydrogen-bond acceptors (Lipinski definition) is 3. The molecule has 0 fully saturated rings. The van der Waals surface area contributed by atoms with Crippen LogP contribution in [-0.2, 0) is 0 Å². The van der Waals surface area contributed by atoms with E-state index in [9.17, 15) is 0 Å². The van der Waals surface area contributed by atoms with Gasteiger partial charge in [-0.05, 0) is 50.1 Å². The van der Waals surface area contributed by atoms with Crippen molar-refractivity contribution in [3.05, 3.63) is 46.3 Å². The van der Waals surface area contributed by atoms with Gasteiger partial charge in [0.1, 0.15) is 0 Å². The molecule has 3 heteroatoms. The molecule has 3 rings (SSSR count). The molecule has 0 amide bonds. The second kappa shape index (κ2) is 5.55. The summed E-state index contributed by atoms with van der Waals surface area (Å²) < 4.78 is 0. The Morgan fingerprint density at radius 1 is 1.38 bits per heavy atom. The van der Waals surface area contributed by atoms with Gasteiger partial charge in [-0.25, -0.2) is 0 Å². The average molecular weight is 283 g/mol. The van der Waals surface area contributed by atoms with E-state index in [0.29, 0.717) is 6.04 Å². The predicted molar refractivity (Wildman–Crippen MR) is 89.4 cm³/mol. The van der Waals surface area contributed by atoms with Crippen LogP contribution < -0.4 is 5.32 Å². The third kappa shape index (κ3) is 2.45. The number of nitrogens with one attached hydrogen (secondary N) is 1. The van der Waals surface area contributed by atoms with E-state index in [1.165, 1.54) is 33.7 Å². The fourth-order valence-electron chi connectivity index (χ4n) is 3.44. The summed E-state index contributed by atoms with van der Waals surface area (Å²) in [4.78, 5) is 7.16. The van der Waals surface area contributed by atoms with Gasteiger partial charge in [-0.2, -0.15) is 0 Å². The number of aliphatic imine (C=N–C) groups is 1. The van der Waals surface area contributed by atoms with Crippen LogP contribution in [-0.4, -0.2) is 36.3 Å².